The summed E-state index contributed by atoms with van der Waals surface area (Å²) >= 11 is 1.81. The lowest BCUT2D eigenvalue weighted by Crippen LogP contribution is -2.38. The van der Waals surface area contributed by atoms with Gasteiger partial charge >= 0.3 is 5.97 Å². The lowest BCUT2D eigenvalue weighted by atomic mass is 10.2. The van der Waals surface area contributed by atoms with Gasteiger partial charge in [0.15, 0.2) is 0 Å². The van der Waals surface area contributed by atoms with Crippen LogP contribution >= 0.6 is 11.8 Å². The second-order valence-corrected chi connectivity index (χ2v) is 4.27. The smallest absolute Gasteiger partial charge is 0.323 e. The molecule has 0 bridgehead atoms. The van der Waals surface area contributed by atoms with Crippen molar-refractivity contribution in [2.75, 3.05) is 24.7 Å². The minimum Gasteiger partial charge on any atom is -0.465 e. The first-order valence-electron chi connectivity index (χ1n) is 5.17. The first-order valence-corrected chi connectivity index (χ1v) is 6.32. The van der Waals surface area contributed by atoms with Crippen LogP contribution in [0, 0.1) is 12.3 Å². The monoisotopic (exact) mass is 229 g/mol. The van der Waals surface area contributed by atoms with E-state index in [1.165, 1.54) is 0 Å². The maximum absolute atomic E-state index is 11.5. The molecule has 4 heteroatoms. The molecule has 1 atom stereocenters. The van der Waals surface area contributed by atoms with Crippen LogP contribution in [0.4, 0.5) is 0 Å². The second-order valence-electron chi connectivity index (χ2n) is 2.88. The van der Waals surface area contributed by atoms with Crippen molar-refractivity contribution in [1.82, 2.24) is 5.32 Å². The number of esters is 1. The predicted molar refractivity (Wildman–Crippen MR) is 64.9 cm³/mol. The van der Waals surface area contributed by atoms with Crippen molar-refractivity contribution < 1.29 is 9.53 Å². The van der Waals surface area contributed by atoms with E-state index < -0.39 is 0 Å². The summed E-state index contributed by atoms with van der Waals surface area (Å²) in [7, 11) is 0. The molecular weight excluding hydrogens is 210 g/mol. The van der Waals surface area contributed by atoms with Gasteiger partial charge in [-0.2, -0.15) is 11.8 Å². The summed E-state index contributed by atoms with van der Waals surface area (Å²) in [4.78, 5) is 11.5. The molecule has 0 saturated heterocycles. The molecule has 0 fully saturated rings. The van der Waals surface area contributed by atoms with Crippen molar-refractivity contribution in [3.8, 4) is 12.3 Å². The highest BCUT2D eigenvalue weighted by atomic mass is 32.2. The fourth-order valence-corrected chi connectivity index (χ4v) is 1.76. The minimum atomic E-state index is -0.264. The summed E-state index contributed by atoms with van der Waals surface area (Å²) in [5, 5.41) is 2.99. The third-order valence-corrected chi connectivity index (χ3v) is 2.71. The largest absolute Gasteiger partial charge is 0.465 e. The number of carbonyl (C=O) groups is 1. The highest BCUT2D eigenvalue weighted by Gasteiger charge is 2.17. The molecule has 0 radical (unpaired) electrons. The van der Waals surface area contributed by atoms with Crippen molar-refractivity contribution >= 4 is 17.7 Å². The molecule has 0 aromatic carbocycles. The molecule has 0 aliphatic carbocycles. The molecule has 0 rings (SSSR count). The number of thioether (sulfide) groups is 1. The quantitative estimate of drug-likeness (QED) is 0.387. The molecule has 0 heterocycles. The van der Waals surface area contributed by atoms with E-state index >= 15 is 0 Å². The molecule has 0 aliphatic rings. The van der Waals surface area contributed by atoms with Gasteiger partial charge in [-0.3, -0.25) is 10.1 Å². The zero-order valence-electron chi connectivity index (χ0n) is 9.41. The summed E-state index contributed by atoms with van der Waals surface area (Å²) in [5.74, 6) is 4.26. The minimum absolute atomic E-state index is 0.204. The van der Waals surface area contributed by atoms with Gasteiger partial charge in [-0.15, -0.1) is 6.42 Å². The van der Waals surface area contributed by atoms with Crippen LogP contribution in [0.2, 0.25) is 0 Å². The Bertz CT molecular complexity index is 213. The number of carbonyl (C=O) groups excluding carboxylic acids is 1. The van der Waals surface area contributed by atoms with E-state index in [2.05, 4.69) is 18.2 Å². The third kappa shape index (κ3) is 7.29. The van der Waals surface area contributed by atoms with E-state index in [9.17, 15) is 4.79 Å². The van der Waals surface area contributed by atoms with Crippen LogP contribution in [0.25, 0.3) is 0 Å². The molecule has 0 aliphatic heterocycles. The van der Waals surface area contributed by atoms with E-state index in [1.807, 2.05) is 0 Å². The Hall–Kier alpha value is -0.660. The van der Waals surface area contributed by atoms with Crippen molar-refractivity contribution in [2.45, 2.75) is 26.3 Å². The zero-order valence-corrected chi connectivity index (χ0v) is 10.2. The van der Waals surface area contributed by atoms with Crippen LogP contribution < -0.4 is 5.32 Å². The molecule has 0 aromatic heterocycles. The number of terminal acetylenes is 1. The molecule has 86 valence electrons. The Kier molecular flexibility index (Phi) is 9.44. The molecular formula is C11H19NO2S. The van der Waals surface area contributed by atoms with Gasteiger partial charge < -0.3 is 4.74 Å². The highest BCUT2D eigenvalue weighted by Crippen LogP contribution is 2.05. The Morgan fingerprint density at radius 3 is 2.87 bits per heavy atom. The first-order chi connectivity index (χ1) is 7.26. The van der Waals surface area contributed by atoms with E-state index in [4.69, 9.17) is 11.2 Å². The van der Waals surface area contributed by atoms with Crippen LogP contribution in [-0.4, -0.2) is 36.7 Å². The Morgan fingerprint density at radius 1 is 1.60 bits per heavy atom. The molecule has 15 heavy (non-hydrogen) atoms. The summed E-state index contributed by atoms with van der Waals surface area (Å²) < 4.78 is 4.95. The van der Waals surface area contributed by atoms with E-state index in [-0.39, 0.29) is 12.0 Å². The van der Waals surface area contributed by atoms with Crippen LogP contribution in [0.1, 0.15) is 20.3 Å². The van der Waals surface area contributed by atoms with Crippen molar-refractivity contribution in [2.24, 2.45) is 0 Å². The fraction of sp³-hybridized carbons (Fsp3) is 0.727. The van der Waals surface area contributed by atoms with Gasteiger partial charge in [0, 0.05) is 0 Å². The van der Waals surface area contributed by atoms with Gasteiger partial charge in [0.1, 0.15) is 6.04 Å². The van der Waals surface area contributed by atoms with Gasteiger partial charge in [0.25, 0.3) is 0 Å². The van der Waals surface area contributed by atoms with E-state index in [0.717, 1.165) is 17.9 Å². The summed E-state index contributed by atoms with van der Waals surface area (Å²) in [6, 6.07) is -0.264. The maximum atomic E-state index is 11.5. The molecule has 0 saturated carbocycles. The van der Waals surface area contributed by atoms with Crippen LogP contribution in [-0.2, 0) is 9.53 Å². The Balaban J connectivity index is 3.94. The lowest BCUT2D eigenvalue weighted by molar-refractivity contribution is -0.145. The highest BCUT2D eigenvalue weighted by molar-refractivity contribution is 7.99. The molecule has 0 amide bonds. The average Bonchev–Trinajstić information content (AvgIpc) is 2.23. The zero-order chi connectivity index (χ0) is 11.5. The summed E-state index contributed by atoms with van der Waals surface area (Å²) in [5.41, 5.74) is 0. The number of ether oxygens (including phenoxy) is 1. The molecule has 3 nitrogen and oxygen atoms in total. The summed E-state index contributed by atoms with van der Waals surface area (Å²) in [6.45, 7) is 4.71. The molecule has 0 spiro atoms. The SMILES string of the molecule is C#CCNC(CCSCC)C(=O)OCC. The van der Waals surface area contributed by atoms with E-state index in [0.29, 0.717) is 13.2 Å². The molecule has 0 aromatic rings. The van der Waals surface area contributed by atoms with Gasteiger partial charge in [-0.25, -0.2) is 0 Å². The number of nitrogens with one attached hydrogen (secondary N) is 1. The average molecular weight is 229 g/mol. The van der Waals surface area contributed by atoms with E-state index in [1.54, 1.807) is 18.7 Å². The third-order valence-electron chi connectivity index (χ3n) is 1.78. The topological polar surface area (TPSA) is 38.3 Å². The predicted octanol–water partition coefficient (Wildman–Crippen LogP) is 1.28. The number of hydrogen-bond donors (Lipinski definition) is 1. The second kappa shape index (κ2) is 9.88. The van der Waals surface area contributed by atoms with Gasteiger partial charge in [-0.05, 0) is 24.9 Å². The standard InChI is InChI=1S/C11H19NO2S/c1-4-8-12-10(7-9-15-6-3)11(13)14-5-2/h1,10,12H,5-9H2,2-3H3. The van der Waals surface area contributed by atoms with Crippen molar-refractivity contribution in [1.29, 1.82) is 0 Å². The van der Waals surface area contributed by atoms with Crippen LogP contribution in [0.15, 0.2) is 0 Å². The van der Waals surface area contributed by atoms with Crippen molar-refractivity contribution in [3.05, 3.63) is 0 Å². The molecule has 1 unspecified atom stereocenters. The van der Waals surface area contributed by atoms with Crippen LogP contribution in [0.5, 0.6) is 0 Å². The maximum Gasteiger partial charge on any atom is 0.323 e. The van der Waals surface area contributed by atoms with Crippen LogP contribution in [0.3, 0.4) is 0 Å². The van der Waals surface area contributed by atoms with Gasteiger partial charge in [0.2, 0.25) is 0 Å². The van der Waals surface area contributed by atoms with Crippen molar-refractivity contribution in [3.63, 3.8) is 0 Å². The van der Waals surface area contributed by atoms with Gasteiger partial charge in [0.05, 0.1) is 13.2 Å². The number of rotatable bonds is 8. The fourth-order valence-electron chi connectivity index (χ4n) is 1.07. The number of hydrogen-bond acceptors (Lipinski definition) is 4. The normalized spacial score (nSPS) is 11.8. The first kappa shape index (κ1) is 14.3. The lowest BCUT2D eigenvalue weighted by Gasteiger charge is -2.15. The Morgan fingerprint density at radius 2 is 2.33 bits per heavy atom. The molecule has 1 N–H and O–H groups in total. The van der Waals surface area contributed by atoms with Gasteiger partial charge in [-0.1, -0.05) is 12.8 Å². The Labute approximate surface area is 96.3 Å². The summed E-state index contributed by atoms with van der Waals surface area (Å²) in [6.07, 6.45) is 5.90.